The molecule has 1 saturated heterocycles. The predicted octanol–water partition coefficient (Wildman–Crippen LogP) is 0.366. The molecular formula is C15H19N3O4. The number of likely N-dealkylation sites (tertiary alicyclic amines) is 1. The van der Waals surface area contributed by atoms with Crippen molar-refractivity contribution in [2.24, 2.45) is 0 Å². The number of amides is 2. The summed E-state index contributed by atoms with van der Waals surface area (Å²) in [6.45, 7) is 2.30. The van der Waals surface area contributed by atoms with Gasteiger partial charge in [0.25, 0.3) is 5.91 Å². The minimum atomic E-state index is -0.554. The van der Waals surface area contributed by atoms with E-state index >= 15 is 0 Å². The Morgan fingerprint density at radius 1 is 1.45 bits per heavy atom. The molecule has 1 unspecified atom stereocenters. The molecule has 0 bridgehead atoms. The van der Waals surface area contributed by atoms with Crippen molar-refractivity contribution in [2.45, 2.75) is 25.8 Å². The zero-order chi connectivity index (χ0) is 15.9. The van der Waals surface area contributed by atoms with Gasteiger partial charge in [-0.15, -0.1) is 0 Å². The van der Waals surface area contributed by atoms with Crippen LogP contribution in [0.1, 0.15) is 30.1 Å². The molecule has 0 spiro atoms. The summed E-state index contributed by atoms with van der Waals surface area (Å²) in [6.07, 6.45) is 4.41. The summed E-state index contributed by atoms with van der Waals surface area (Å²) < 4.78 is 4.76. The van der Waals surface area contributed by atoms with Crippen LogP contribution in [-0.4, -0.2) is 53.4 Å². The first-order valence-corrected chi connectivity index (χ1v) is 7.27. The molecule has 1 aromatic heterocycles. The lowest BCUT2D eigenvalue weighted by Gasteiger charge is -2.23. The van der Waals surface area contributed by atoms with Crippen LogP contribution in [0.5, 0.6) is 0 Å². The number of nitrogens with zero attached hydrogens (tertiary/aromatic N) is 2. The Hall–Kier alpha value is -2.44. The van der Waals surface area contributed by atoms with E-state index in [2.05, 4.69) is 10.3 Å². The summed E-state index contributed by atoms with van der Waals surface area (Å²) in [5.74, 6) is -1.04. The Morgan fingerprint density at radius 3 is 2.95 bits per heavy atom. The molecule has 1 aromatic rings. The van der Waals surface area contributed by atoms with E-state index in [9.17, 15) is 14.4 Å². The summed E-state index contributed by atoms with van der Waals surface area (Å²) >= 11 is 0. The number of ether oxygens (including phenoxy) is 1. The zero-order valence-electron chi connectivity index (χ0n) is 12.4. The lowest BCUT2D eigenvalue weighted by molar-refractivity contribution is -0.143. The molecule has 7 heteroatoms. The molecule has 1 atom stereocenters. The minimum Gasteiger partial charge on any atom is -0.465 e. The number of carbonyl (C=O) groups is 3. The van der Waals surface area contributed by atoms with Crippen molar-refractivity contribution in [3.8, 4) is 0 Å². The maximum Gasteiger partial charge on any atom is 0.325 e. The Kier molecular flexibility index (Phi) is 5.46. The number of pyridine rings is 1. The van der Waals surface area contributed by atoms with E-state index < -0.39 is 12.0 Å². The van der Waals surface area contributed by atoms with Gasteiger partial charge in [0.2, 0.25) is 5.91 Å². The molecule has 1 N–H and O–H groups in total. The molecule has 2 amide bonds. The van der Waals surface area contributed by atoms with Gasteiger partial charge in [-0.1, -0.05) is 0 Å². The number of esters is 1. The van der Waals surface area contributed by atoms with E-state index in [0.29, 0.717) is 18.5 Å². The first-order valence-electron chi connectivity index (χ1n) is 7.27. The topological polar surface area (TPSA) is 88.6 Å². The van der Waals surface area contributed by atoms with Crippen molar-refractivity contribution in [2.75, 3.05) is 19.7 Å². The van der Waals surface area contributed by atoms with Crippen LogP contribution in [-0.2, 0) is 14.3 Å². The number of hydrogen-bond acceptors (Lipinski definition) is 5. The van der Waals surface area contributed by atoms with E-state index in [0.717, 1.165) is 6.42 Å². The van der Waals surface area contributed by atoms with Crippen molar-refractivity contribution < 1.29 is 19.1 Å². The van der Waals surface area contributed by atoms with Gasteiger partial charge in [-0.05, 0) is 31.9 Å². The second-order valence-electron chi connectivity index (χ2n) is 4.92. The average molecular weight is 305 g/mol. The van der Waals surface area contributed by atoms with Crippen LogP contribution >= 0.6 is 0 Å². The molecule has 0 aromatic carbocycles. The Labute approximate surface area is 128 Å². The van der Waals surface area contributed by atoms with E-state index in [1.54, 1.807) is 25.3 Å². The normalized spacial score (nSPS) is 17.1. The van der Waals surface area contributed by atoms with Gasteiger partial charge in [-0.2, -0.15) is 0 Å². The average Bonchev–Trinajstić information content (AvgIpc) is 3.02. The summed E-state index contributed by atoms with van der Waals surface area (Å²) in [5, 5.41) is 2.52. The number of rotatable bonds is 5. The fraction of sp³-hybridized carbons (Fsp3) is 0.467. The van der Waals surface area contributed by atoms with Crippen LogP contribution in [0.2, 0.25) is 0 Å². The molecule has 0 saturated carbocycles. The molecule has 1 aliphatic heterocycles. The van der Waals surface area contributed by atoms with Crippen molar-refractivity contribution >= 4 is 17.8 Å². The lowest BCUT2D eigenvalue weighted by atomic mass is 10.2. The molecule has 2 heterocycles. The van der Waals surface area contributed by atoms with Crippen molar-refractivity contribution in [3.05, 3.63) is 30.1 Å². The Balaban J connectivity index is 1.97. The number of hydrogen-bond donors (Lipinski definition) is 1. The Bertz CT molecular complexity index is 547. The van der Waals surface area contributed by atoms with Gasteiger partial charge in [0, 0.05) is 18.9 Å². The molecule has 1 fully saturated rings. The zero-order valence-corrected chi connectivity index (χ0v) is 12.4. The number of carbonyl (C=O) groups excluding carboxylic acids is 3. The van der Waals surface area contributed by atoms with Gasteiger partial charge in [0.05, 0.1) is 12.2 Å². The minimum absolute atomic E-state index is 0.182. The molecule has 0 aliphatic carbocycles. The second-order valence-corrected chi connectivity index (χ2v) is 4.92. The van der Waals surface area contributed by atoms with E-state index in [4.69, 9.17) is 4.74 Å². The second kappa shape index (κ2) is 7.53. The monoisotopic (exact) mass is 305 g/mol. The van der Waals surface area contributed by atoms with Crippen LogP contribution in [0.15, 0.2) is 24.5 Å². The molecule has 2 rings (SSSR count). The van der Waals surface area contributed by atoms with E-state index in [1.165, 1.54) is 11.1 Å². The highest BCUT2D eigenvalue weighted by atomic mass is 16.5. The third kappa shape index (κ3) is 3.81. The highest BCUT2D eigenvalue weighted by molar-refractivity contribution is 5.98. The van der Waals surface area contributed by atoms with Gasteiger partial charge in [-0.25, -0.2) is 0 Å². The van der Waals surface area contributed by atoms with Crippen LogP contribution in [0.3, 0.4) is 0 Å². The van der Waals surface area contributed by atoms with Crippen LogP contribution in [0, 0.1) is 0 Å². The van der Waals surface area contributed by atoms with E-state index in [-0.39, 0.29) is 25.0 Å². The third-order valence-corrected chi connectivity index (χ3v) is 3.44. The molecular weight excluding hydrogens is 286 g/mol. The summed E-state index contributed by atoms with van der Waals surface area (Å²) in [5.41, 5.74) is 0.451. The molecule has 1 aliphatic rings. The molecule has 0 radical (unpaired) electrons. The van der Waals surface area contributed by atoms with Crippen LogP contribution in [0.25, 0.3) is 0 Å². The fourth-order valence-electron chi connectivity index (χ4n) is 2.43. The standard InChI is InChI=1S/C15H19N3O4/c1-2-22-13(19)10-17-14(20)12-6-4-8-18(12)15(21)11-5-3-7-16-9-11/h3,5,7,9,12H,2,4,6,8,10H2,1H3,(H,17,20). The number of nitrogens with one attached hydrogen (secondary N) is 1. The van der Waals surface area contributed by atoms with Gasteiger partial charge >= 0.3 is 5.97 Å². The summed E-state index contributed by atoms with van der Waals surface area (Å²) in [6, 6.07) is 2.79. The maximum absolute atomic E-state index is 12.4. The highest BCUT2D eigenvalue weighted by Gasteiger charge is 2.34. The van der Waals surface area contributed by atoms with Crippen LogP contribution < -0.4 is 5.32 Å². The van der Waals surface area contributed by atoms with Crippen molar-refractivity contribution in [1.82, 2.24) is 15.2 Å². The predicted molar refractivity (Wildman–Crippen MR) is 77.9 cm³/mol. The van der Waals surface area contributed by atoms with Crippen LogP contribution in [0.4, 0.5) is 0 Å². The third-order valence-electron chi connectivity index (χ3n) is 3.44. The van der Waals surface area contributed by atoms with Crippen molar-refractivity contribution in [1.29, 1.82) is 0 Å². The van der Waals surface area contributed by atoms with Gasteiger partial charge in [-0.3, -0.25) is 19.4 Å². The summed E-state index contributed by atoms with van der Waals surface area (Å²) in [7, 11) is 0. The fourth-order valence-corrected chi connectivity index (χ4v) is 2.43. The van der Waals surface area contributed by atoms with Gasteiger partial charge in [0.15, 0.2) is 0 Å². The SMILES string of the molecule is CCOC(=O)CNC(=O)C1CCCN1C(=O)c1cccnc1. The molecule has 22 heavy (non-hydrogen) atoms. The lowest BCUT2D eigenvalue weighted by Crippen LogP contribution is -2.47. The smallest absolute Gasteiger partial charge is 0.325 e. The maximum atomic E-state index is 12.4. The van der Waals surface area contributed by atoms with Gasteiger partial charge in [0.1, 0.15) is 12.6 Å². The number of aromatic nitrogens is 1. The largest absolute Gasteiger partial charge is 0.465 e. The Morgan fingerprint density at radius 2 is 2.27 bits per heavy atom. The van der Waals surface area contributed by atoms with E-state index in [1.807, 2.05) is 0 Å². The molecule has 7 nitrogen and oxygen atoms in total. The van der Waals surface area contributed by atoms with Crippen molar-refractivity contribution in [3.63, 3.8) is 0 Å². The first kappa shape index (κ1) is 15.9. The molecule has 118 valence electrons. The van der Waals surface area contributed by atoms with Gasteiger partial charge < -0.3 is 15.0 Å². The highest BCUT2D eigenvalue weighted by Crippen LogP contribution is 2.20. The quantitative estimate of drug-likeness (QED) is 0.794. The first-order chi connectivity index (χ1) is 10.6. The summed E-state index contributed by atoms with van der Waals surface area (Å²) in [4.78, 5) is 41.3.